The standard InChI is InChI=1S/C28H28N6O3S/c1-19-8-14-23(15-9-19)33-26(21-10-12-22(13-11-21)28(2,3)4)31-32-27(33)38-18-25(35)30-29-17-20-6-5-7-24(16-20)34(36)37/h5-17H,18H2,1-4H3,(H,30,35)/b29-17-. The molecule has 10 heteroatoms. The summed E-state index contributed by atoms with van der Waals surface area (Å²) >= 11 is 1.24. The summed E-state index contributed by atoms with van der Waals surface area (Å²) in [5.74, 6) is 0.395. The van der Waals surface area contributed by atoms with Gasteiger partial charge < -0.3 is 0 Å². The molecule has 3 aromatic carbocycles. The van der Waals surface area contributed by atoms with Crippen molar-refractivity contribution in [1.82, 2.24) is 20.2 Å². The molecule has 0 unspecified atom stereocenters. The molecule has 4 rings (SSSR count). The van der Waals surface area contributed by atoms with Crippen LogP contribution in [0.25, 0.3) is 17.1 Å². The van der Waals surface area contributed by atoms with E-state index >= 15 is 0 Å². The average Bonchev–Trinajstić information content (AvgIpc) is 3.31. The Balaban J connectivity index is 1.52. The van der Waals surface area contributed by atoms with Crippen LogP contribution in [-0.4, -0.2) is 37.6 Å². The maximum absolute atomic E-state index is 12.5. The van der Waals surface area contributed by atoms with Crippen molar-refractivity contribution in [1.29, 1.82) is 0 Å². The first kappa shape index (κ1) is 26.7. The second-order valence-electron chi connectivity index (χ2n) is 9.74. The molecule has 0 radical (unpaired) electrons. The van der Waals surface area contributed by atoms with E-state index in [0.29, 0.717) is 16.5 Å². The second-order valence-corrected chi connectivity index (χ2v) is 10.7. The van der Waals surface area contributed by atoms with Crippen LogP contribution in [0.2, 0.25) is 0 Å². The van der Waals surface area contributed by atoms with Crippen molar-refractivity contribution >= 4 is 29.6 Å². The molecule has 1 heterocycles. The Bertz CT molecular complexity index is 1470. The minimum absolute atomic E-state index is 0.0369. The Hall–Kier alpha value is -4.31. The van der Waals surface area contributed by atoms with Gasteiger partial charge in [-0.1, -0.05) is 86.6 Å². The van der Waals surface area contributed by atoms with E-state index in [1.54, 1.807) is 12.1 Å². The minimum Gasteiger partial charge on any atom is -0.272 e. The number of nitrogens with one attached hydrogen (secondary N) is 1. The topological polar surface area (TPSA) is 115 Å². The number of carbonyl (C=O) groups is 1. The number of nitrogens with zero attached hydrogens (tertiary/aromatic N) is 5. The molecular weight excluding hydrogens is 500 g/mol. The van der Waals surface area contributed by atoms with Crippen LogP contribution in [-0.2, 0) is 10.2 Å². The molecule has 0 atom stereocenters. The molecular formula is C28H28N6O3S. The van der Waals surface area contributed by atoms with Crippen molar-refractivity contribution in [3.8, 4) is 17.1 Å². The first-order chi connectivity index (χ1) is 18.1. The zero-order valence-electron chi connectivity index (χ0n) is 21.6. The lowest BCUT2D eigenvalue weighted by molar-refractivity contribution is -0.384. The molecule has 0 saturated heterocycles. The van der Waals surface area contributed by atoms with E-state index in [1.807, 2.05) is 47.9 Å². The summed E-state index contributed by atoms with van der Waals surface area (Å²) < 4.78 is 1.94. The van der Waals surface area contributed by atoms with Crippen molar-refractivity contribution in [2.24, 2.45) is 5.10 Å². The van der Waals surface area contributed by atoms with Gasteiger partial charge in [-0.25, -0.2) is 5.43 Å². The van der Waals surface area contributed by atoms with Gasteiger partial charge in [0.15, 0.2) is 11.0 Å². The third-order valence-electron chi connectivity index (χ3n) is 5.75. The van der Waals surface area contributed by atoms with Gasteiger partial charge in [-0.05, 0) is 30.0 Å². The van der Waals surface area contributed by atoms with Gasteiger partial charge in [0.2, 0.25) is 0 Å². The van der Waals surface area contributed by atoms with Gasteiger partial charge >= 0.3 is 0 Å². The molecule has 9 nitrogen and oxygen atoms in total. The largest absolute Gasteiger partial charge is 0.272 e. The van der Waals surface area contributed by atoms with Crippen LogP contribution >= 0.6 is 11.8 Å². The molecule has 1 aromatic heterocycles. The average molecular weight is 529 g/mol. The number of nitro groups is 1. The van der Waals surface area contributed by atoms with Gasteiger partial charge in [0.05, 0.1) is 16.9 Å². The number of hydrogen-bond donors (Lipinski definition) is 1. The molecule has 0 saturated carbocycles. The van der Waals surface area contributed by atoms with Crippen LogP contribution in [0.3, 0.4) is 0 Å². The van der Waals surface area contributed by atoms with Gasteiger partial charge in [-0.3, -0.25) is 19.5 Å². The van der Waals surface area contributed by atoms with Crippen molar-refractivity contribution in [2.45, 2.75) is 38.3 Å². The number of thioether (sulfide) groups is 1. The Morgan fingerprint density at radius 2 is 1.79 bits per heavy atom. The van der Waals surface area contributed by atoms with Crippen LogP contribution in [0, 0.1) is 17.0 Å². The van der Waals surface area contributed by atoms with E-state index in [0.717, 1.165) is 16.8 Å². The fourth-order valence-corrected chi connectivity index (χ4v) is 4.40. The van der Waals surface area contributed by atoms with Gasteiger partial charge in [-0.2, -0.15) is 5.10 Å². The summed E-state index contributed by atoms with van der Waals surface area (Å²) in [6, 6.07) is 22.3. The summed E-state index contributed by atoms with van der Waals surface area (Å²) in [5.41, 5.74) is 7.12. The summed E-state index contributed by atoms with van der Waals surface area (Å²) in [6.07, 6.45) is 1.36. The maximum atomic E-state index is 12.5. The molecule has 38 heavy (non-hydrogen) atoms. The summed E-state index contributed by atoms with van der Waals surface area (Å²) in [6.45, 7) is 8.54. The van der Waals surface area contributed by atoms with Crippen molar-refractivity contribution in [3.63, 3.8) is 0 Å². The summed E-state index contributed by atoms with van der Waals surface area (Å²) in [4.78, 5) is 22.9. The second kappa shape index (κ2) is 11.4. The van der Waals surface area contributed by atoms with E-state index in [1.165, 1.54) is 35.7 Å². The zero-order chi connectivity index (χ0) is 27.3. The van der Waals surface area contributed by atoms with E-state index in [-0.39, 0.29) is 22.8 Å². The molecule has 0 aliphatic carbocycles. The highest BCUT2D eigenvalue weighted by atomic mass is 32.2. The smallest absolute Gasteiger partial charge is 0.270 e. The highest BCUT2D eigenvalue weighted by molar-refractivity contribution is 7.99. The number of hydrazone groups is 1. The predicted octanol–water partition coefficient (Wildman–Crippen LogP) is 5.69. The predicted molar refractivity (Wildman–Crippen MR) is 150 cm³/mol. The Kier molecular flexibility index (Phi) is 8.02. The quantitative estimate of drug-likeness (QED) is 0.136. The number of nitro benzene ring substituents is 1. The van der Waals surface area contributed by atoms with E-state index in [9.17, 15) is 14.9 Å². The van der Waals surface area contributed by atoms with E-state index in [4.69, 9.17) is 0 Å². The SMILES string of the molecule is Cc1ccc(-n2c(SCC(=O)N/N=C\c3cccc([N+](=O)[O-])c3)nnc2-c2ccc(C(C)(C)C)cc2)cc1. The van der Waals surface area contributed by atoms with Gasteiger partial charge in [0, 0.05) is 28.9 Å². The number of hydrogen-bond acceptors (Lipinski definition) is 7. The molecule has 4 aromatic rings. The van der Waals surface area contributed by atoms with Crippen LogP contribution in [0.1, 0.15) is 37.5 Å². The summed E-state index contributed by atoms with van der Waals surface area (Å²) in [5, 5.41) is 24.3. The number of non-ortho nitro benzene ring substituents is 1. The highest BCUT2D eigenvalue weighted by Gasteiger charge is 2.19. The maximum Gasteiger partial charge on any atom is 0.270 e. The molecule has 1 N–H and O–H groups in total. The monoisotopic (exact) mass is 528 g/mol. The molecule has 0 aliphatic heterocycles. The number of amides is 1. The third-order valence-corrected chi connectivity index (χ3v) is 6.68. The molecule has 194 valence electrons. The minimum atomic E-state index is -0.482. The molecule has 1 amide bonds. The number of aryl methyl sites for hydroxylation is 1. The lowest BCUT2D eigenvalue weighted by Crippen LogP contribution is -2.20. The van der Waals surface area contributed by atoms with Crippen molar-refractivity contribution in [2.75, 3.05) is 5.75 Å². The molecule has 0 bridgehead atoms. The first-order valence-electron chi connectivity index (χ1n) is 11.9. The third kappa shape index (κ3) is 6.51. The first-order valence-corrected chi connectivity index (χ1v) is 12.9. The number of benzene rings is 3. The van der Waals surface area contributed by atoms with Gasteiger partial charge in [0.1, 0.15) is 0 Å². The van der Waals surface area contributed by atoms with Gasteiger partial charge in [-0.15, -0.1) is 10.2 Å². The lowest BCUT2D eigenvalue weighted by Gasteiger charge is -2.19. The van der Waals surface area contributed by atoms with Crippen LogP contribution < -0.4 is 5.43 Å². The van der Waals surface area contributed by atoms with Crippen LogP contribution in [0.5, 0.6) is 0 Å². The fourth-order valence-electron chi connectivity index (χ4n) is 3.66. The zero-order valence-corrected chi connectivity index (χ0v) is 22.4. The summed E-state index contributed by atoms with van der Waals surface area (Å²) in [7, 11) is 0. The number of rotatable bonds is 8. The molecule has 0 spiro atoms. The number of carbonyl (C=O) groups excluding carboxylic acids is 1. The van der Waals surface area contributed by atoms with E-state index < -0.39 is 4.92 Å². The molecule has 0 fully saturated rings. The highest BCUT2D eigenvalue weighted by Crippen LogP contribution is 2.30. The van der Waals surface area contributed by atoms with Crippen LogP contribution in [0.4, 0.5) is 5.69 Å². The normalized spacial score (nSPS) is 11.6. The Labute approximate surface area is 225 Å². The molecule has 0 aliphatic rings. The van der Waals surface area contributed by atoms with Crippen molar-refractivity contribution < 1.29 is 9.72 Å². The Morgan fingerprint density at radius 1 is 1.08 bits per heavy atom. The fraction of sp³-hybridized carbons (Fsp3) is 0.214. The van der Waals surface area contributed by atoms with Crippen molar-refractivity contribution in [3.05, 3.63) is 99.6 Å². The lowest BCUT2D eigenvalue weighted by atomic mass is 9.87. The Morgan fingerprint density at radius 3 is 2.45 bits per heavy atom. The van der Waals surface area contributed by atoms with Crippen LogP contribution in [0.15, 0.2) is 83.1 Å². The number of aromatic nitrogens is 3. The van der Waals surface area contributed by atoms with E-state index in [2.05, 4.69) is 53.6 Å². The van der Waals surface area contributed by atoms with Gasteiger partial charge in [0.25, 0.3) is 11.6 Å².